The molecule has 3 aromatic rings. The standard InChI is InChI=1S/C24H27FN2O/c1-5-22-16(2)23(24(28)26-17(3)20-9-7-6-8-10-20)27(18(22)4)15-19-11-13-21(25)14-12-19/h6-14,17H,5,15H2,1-4H3,(H,26,28)/t17-/m1/s1. The normalized spacial score (nSPS) is 12.0. The lowest BCUT2D eigenvalue weighted by molar-refractivity contribution is 0.0930. The fourth-order valence-corrected chi connectivity index (χ4v) is 3.82. The highest BCUT2D eigenvalue weighted by Crippen LogP contribution is 2.25. The van der Waals surface area contributed by atoms with Gasteiger partial charge in [-0.05, 0) is 61.6 Å². The fraction of sp³-hybridized carbons (Fsp3) is 0.292. The van der Waals surface area contributed by atoms with Crippen LogP contribution in [0.2, 0.25) is 0 Å². The second kappa shape index (κ2) is 8.42. The molecule has 0 radical (unpaired) electrons. The maximum atomic E-state index is 13.3. The first-order valence-electron chi connectivity index (χ1n) is 9.71. The number of nitrogens with one attached hydrogen (secondary N) is 1. The summed E-state index contributed by atoms with van der Waals surface area (Å²) in [4.78, 5) is 13.2. The van der Waals surface area contributed by atoms with E-state index in [0.717, 1.165) is 28.8 Å². The molecule has 4 heteroatoms. The lowest BCUT2D eigenvalue weighted by Crippen LogP contribution is -2.29. The molecular weight excluding hydrogens is 351 g/mol. The van der Waals surface area contributed by atoms with E-state index in [4.69, 9.17) is 0 Å². The lowest BCUT2D eigenvalue weighted by atomic mass is 10.1. The Morgan fingerprint density at radius 3 is 2.32 bits per heavy atom. The van der Waals surface area contributed by atoms with E-state index in [-0.39, 0.29) is 17.8 Å². The average molecular weight is 378 g/mol. The van der Waals surface area contributed by atoms with Gasteiger partial charge >= 0.3 is 0 Å². The number of hydrogen-bond donors (Lipinski definition) is 1. The van der Waals surface area contributed by atoms with Gasteiger partial charge in [0.05, 0.1) is 6.04 Å². The molecule has 0 aliphatic heterocycles. The quantitative estimate of drug-likeness (QED) is 0.617. The first kappa shape index (κ1) is 19.9. The van der Waals surface area contributed by atoms with Crippen LogP contribution in [0, 0.1) is 19.7 Å². The van der Waals surface area contributed by atoms with Crippen LogP contribution in [-0.4, -0.2) is 10.5 Å². The zero-order chi connectivity index (χ0) is 20.3. The molecule has 0 unspecified atom stereocenters. The van der Waals surface area contributed by atoms with E-state index in [2.05, 4.69) is 16.8 Å². The largest absolute Gasteiger partial charge is 0.344 e. The number of nitrogens with zero attached hydrogens (tertiary/aromatic N) is 1. The van der Waals surface area contributed by atoms with Gasteiger partial charge in [-0.3, -0.25) is 4.79 Å². The van der Waals surface area contributed by atoms with Gasteiger partial charge in [-0.2, -0.15) is 0 Å². The van der Waals surface area contributed by atoms with Gasteiger partial charge in [-0.1, -0.05) is 49.4 Å². The Hall–Kier alpha value is -2.88. The van der Waals surface area contributed by atoms with Gasteiger partial charge in [0, 0.05) is 12.2 Å². The number of aromatic nitrogens is 1. The van der Waals surface area contributed by atoms with Crippen LogP contribution < -0.4 is 5.32 Å². The van der Waals surface area contributed by atoms with Crippen LogP contribution in [-0.2, 0) is 13.0 Å². The Morgan fingerprint density at radius 2 is 1.71 bits per heavy atom. The Balaban J connectivity index is 1.94. The summed E-state index contributed by atoms with van der Waals surface area (Å²) in [6.07, 6.45) is 0.864. The zero-order valence-electron chi connectivity index (χ0n) is 16.9. The number of hydrogen-bond acceptors (Lipinski definition) is 1. The molecular formula is C24H27FN2O. The molecule has 0 fully saturated rings. The second-order valence-electron chi connectivity index (χ2n) is 7.21. The van der Waals surface area contributed by atoms with Crippen LogP contribution in [0.1, 0.15) is 58.3 Å². The maximum absolute atomic E-state index is 13.3. The van der Waals surface area contributed by atoms with E-state index in [1.54, 1.807) is 12.1 Å². The topological polar surface area (TPSA) is 34.0 Å². The third kappa shape index (κ3) is 4.01. The van der Waals surface area contributed by atoms with Crippen LogP contribution in [0.3, 0.4) is 0 Å². The lowest BCUT2D eigenvalue weighted by Gasteiger charge is -2.17. The molecule has 3 rings (SSSR count). The Morgan fingerprint density at radius 1 is 1.07 bits per heavy atom. The Bertz CT molecular complexity index is 959. The second-order valence-corrected chi connectivity index (χ2v) is 7.21. The van der Waals surface area contributed by atoms with E-state index in [9.17, 15) is 9.18 Å². The van der Waals surface area contributed by atoms with Crippen molar-refractivity contribution in [2.45, 2.75) is 46.7 Å². The molecule has 3 nitrogen and oxygen atoms in total. The summed E-state index contributed by atoms with van der Waals surface area (Å²) in [6, 6.07) is 16.3. The SMILES string of the molecule is CCc1c(C)c(C(=O)N[C@H](C)c2ccccc2)n(Cc2ccc(F)cc2)c1C. The summed E-state index contributed by atoms with van der Waals surface area (Å²) in [5.41, 5.74) is 6.01. The number of benzene rings is 2. The number of carbonyl (C=O) groups excluding carboxylic acids is 1. The zero-order valence-corrected chi connectivity index (χ0v) is 16.9. The monoisotopic (exact) mass is 378 g/mol. The molecule has 1 aromatic heterocycles. The van der Waals surface area contributed by atoms with Crippen molar-refractivity contribution in [3.63, 3.8) is 0 Å². The highest BCUT2D eigenvalue weighted by Gasteiger charge is 2.23. The van der Waals surface area contributed by atoms with Crippen molar-refractivity contribution in [2.24, 2.45) is 0 Å². The molecule has 0 spiro atoms. The van der Waals surface area contributed by atoms with E-state index in [0.29, 0.717) is 12.2 Å². The summed E-state index contributed by atoms with van der Waals surface area (Å²) in [6.45, 7) is 8.69. The molecule has 1 amide bonds. The van der Waals surface area contributed by atoms with E-state index >= 15 is 0 Å². The van der Waals surface area contributed by atoms with E-state index in [1.165, 1.54) is 17.7 Å². The molecule has 0 saturated heterocycles. The summed E-state index contributed by atoms with van der Waals surface area (Å²) in [7, 11) is 0. The molecule has 0 aliphatic rings. The van der Waals surface area contributed by atoms with Gasteiger partial charge in [0.15, 0.2) is 0 Å². The third-order valence-corrected chi connectivity index (χ3v) is 5.39. The van der Waals surface area contributed by atoms with Gasteiger partial charge in [-0.25, -0.2) is 4.39 Å². The summed E-state index contributed by atoms with van der Waals surface area (Å²) in [5, 5.41) is 3.13. The highest BCUT2D eigenvalue weighted by molar-refractivity contribution is 5.95. The number of rotatable bonds is 6. The van der Waals surface area contributed by atoms with Crippen molar-refractivity contribution in [1.29, 1.82) is 0 Å². The molecule has 1 N–H and O–H groups in total. The molecule has 1 heterocycles. The maximum Gasteiger partial charge on any atom is 0.268 e. The van der Waals surface area contributed by atoms with Crippen molar-refractivity contribution < 1.29 is 9.18 Å². The van der Waals surface area contributed by atoms with Crippen LogP contribution in [0.15, 0.2) is 54.6 Å². The summed E-state index contributed by atoms with van der Waals surface area (Å²) < 4.78 is 15.3. The van der Waals surface area contributed by atoms with Gasteiger partial charge in [0.25, 0.3) is 5.91 Å². The molecule has 0 saturated carbocycles. The molecule has 1 atom stereocenters. The van der Waals surface area contributed by atoms with Gasteiger partial charge in [-0.15, -0.1) is 0 Å². The van der Waals surface area contributed by atoms with Crippen LogP contribution >= 0.6 is 0 Å². The minimum absolute atomic E-state index is 0.0845. The van der Waals surface area contributed by atoms with Crippen molar-refractivity contribution >= 4 is 5.91 Å². The average Bonchev–Trinajstić information content (AvgIpc) is 2.93. The molecule has 0 bridgehead atoms. The van der Waals surface area contributed by atoms with Gasteiger partial charge in [0.1, 0.15) is 11.5 Å². The molecule has 2 aromatic carbocycles. The molecule has 28 heavy (non-hydrogen) atoms. The van der Waals surface area contributed by atoms with Crippen LogP contribution in [0.5, 0.6) is 0 Å². The molecule has 0 aliphatic carbocycles. The minimum atomic E-state index is -0.256. The Kier molecular flexibility index (Phi) is 5.98. The summed E-state index contributed by atoms with van der Waals surface area (Å²) in [5.74, 6) is -0.341. The predicted molar refractivity (Wildman–Crippen MR) is 111 cm³/mol. The molecule has 146 valence electrons. The van der Waals surface area contributed by atoms with E-state index < -0.39 is 0 Å². The van der Waals surface area contributed by atoms with E-state index in [1.807, 2.05) is 51.1 Å². The predicted octanol–water partition coefficient (Wildman–Crippen LogP) is 5.35. The number of carbonyl (C=O) groups is 1. The van der Waals surface area contributed by atoms with Crippen molar-refractivity contribution in [3.8, 4) is 0 Å². The fourth-order valence-electron chi connectivity index (χ4n) is 3.82. The van der Waals surface area contributed by atoms with Crippen LogP contribution in [0.4, 0.5) is 4.39 Å². The van der Waals surface area contributed by atoms with Crippen molar-refractivity contribution in [2.75, 3.05) is 0 Å². The first-order valence-corrected chi connectivity index (χ1v) is 9.71. The number of amides is 1. The summed E-state index contributed by atoms with van der Waals surface area (Å²) >= 11 is 0. The first-order chi connectivity index (χ1) is 13.4. The van der Waals surface area contributed by atoms with Gasteiger partial charge < -0.3 is 9.88 Å². The van der Waals surface area contributed by atoms with Crippen molar-refractivity contribution in [1.82, 2.24) is 9.88 Å². The van der Waals surface area contributed by atoms with Crippen LogP contribution in [0.25, 0.3) is 0 Å². The highest BCUT2D eigenvalue weighted by atomic mass is 19.1. The third-order valence-electron chi connectivity index (χ3n) is 5.39. The number of halogens is 1. The van der Waals surface area contributed by atoms with Crippen molar-refractivity contribution in [3.05, 3.63) is 94.1 Å². The Labute approximate surface area is 166 Å². The minimum Gasteiger partial charge on any atom is -0.344 e. The van der Waals surface area contributed by atoms with Gasteiger partial charge in [0.2, 0.25) is 0 Å². The smallest absolute Gasteiger partial charge is 0.268 e.